The highest BCUT2D eigenvalue weighted by atomic mass is 35.5. The van der Waals surface area contributed by atoms with Gasteiger partial charge in [0.05, 0.1) is 42.9 Å². The molecule has 0 saturated carbocycles. The molecule has 14 nitrogen and oxygen atoms in total. The van der Waals surface area contributed by atoms with E-state index < -0.39 is 96.1 Å². The molecule has 2 saturated heterocycles. The number of fused-ring (bicyclic) bond motifs is 14. The normalized spacial score (nSPS) is 21.4. The molecule has 8 atom stereocenters. The van der Waals surface area contributed by atoms with Crippen molar-refractivity contribution in [3.63, 3.8) is 0 Å². The smallest absolute Gasteiger partial charge is 0.194 e. The summed E-state index contributed by atoms with van der Waals surface area (Å²) in [5.74, 6) is -5.35. The highest BCUT2D eigenvalue weighted by molar-refractivity contribution is 7.93. The van der Waals surface area contributed by atoms with Crippen molar-refractivity contribution in [1.82, 2.24) is 9.80 Å². The van der Waals surface area contributed by atoms with Gasteiger partial charge in [-0.05, 0) is 246 Å². The molecule has 4 aliphatic heterocycles. The Hall–Kier alpha value is -12.3. The van der Waals surface area contributed by atoms with Crippen LogP contribution in [0.1, 0.15) is 123 Å². The molecule has 2 spiro atoms. The summed E-state index contributed by atoms with van der Waals surface area (Å²) in [6.45, 7) is 8.10. The van der Waals surface area contributed by atoms with Gasteiger partial charge in [-0.1, -0.05) is 241 Å². The first kappa shape index (κ1) is 83.4. The highest BCUT2D eigenvalue weighted by Crippen LogP contribution is 2.66. The summed E-state index contributed by atoms with van der Waals surface area (Å²) in [5.41, 5.74) is 6.97. The average Bonchev–Trinajstić information content (AvgIpc) is 1.49. The predicted molar refractivity (Wildman–Crippen MR) is 517 cm³/mol. The molecule has 24 rings (SSSR count). The molecule has 8 aliphatic rings. The van der Waals surface area contributed by atoms with Gasteiger partial charge in [0.1, 0.15) is 21.6 Å². The van der Waals surface area contributed by atoms with Gasteiger partial charge in [-0.3, -0.25) is 19.2 Å². The number of halogens is 2. The van der Waals surface area contributed by atoms with Crippen LogP contribution in [0.2, 0.25) is 0 Å². The Bertz CT molecular complexity index is 7800. The second-order valence-electron chi connectivity index (χ2n) is 36.0. The third-order valence-electron chi connectivity index (χ3n) is 29.0. The fourth-order valence-electron chi connectivity index (χ4n) is 23.8. The minimum absolute atomic E-state index is 0.0333. The summed E-state index contributed by atoms with van der Waals surface area (Å²) in [7, 11) is -17.5. The number of hydrogen-bond acceptors (Lipinski definition) is 14. The summed E-state index contributed by atoms with van der Waals surface area (Å²) in [4.78, 5) is 67.7. The maximum atomic E-state index is 16.4. The first-order valence-electron chi connectivity index (χ1n) is 44.0. The van der Waals surface area contributed by atoms with E-state index in [1.165, 1.54) is 0 Å². The second kappa shape index (κ2) is 30.7. The van der Waals surface area contributed by atoms with Gasteiger partial charge in [-0.15, -0.1) is 23.2 Å². The van der Waals surface area contributed by atoms with Crippen molar-refractivity contribution >= 4 is 172 Å². The van der Waals surface area contributed by atoms with Crippen molar-refractivity contribution in [3.8, 4) is 0 Å². The number of Topliss-reactive ketones (excluding diaryl/α,β-unsaturated/α-hetero) is 4. The zero-order valence-corrected chi connectivity index (χ0v) is 76.2. The number of benzene rings is 16. The van der Waals surface area contributed by atoms with Crippen molar-refractivity contribution in [1.29, 1.82) is 0 Å². The Morgan fingerprint density at radius 2 is 0.608 bits per heavy atom. The molecule has 4 aliphatic carbocycles. The van der Waals surface area contributed by atoms with Gasteiger partial charge in [-0.25, -0.2) is 33.7 Å². The minimum Gasteiger partial charge on any atom is -0.357 e. The lowest BCUT2D eigenvalue weighted by molar-refractivity contribution is 0.0620. The number of nitrogens with zero attached hydrogens (tertiary/aromatic N) is 2. The van der Waals surface area contributed by atoms with Gasteiger partial charge in [0.15, 0.2) is 62.5 Å². The molecule has 130 heavy (non-hydrogen) atoms. The van der Waals surface area contributed by atoms with Gasteiger partial charge < -0.3 is 9.80 Å². The second-order valence-corrected chi connectivity index (χ2v) is 45.0. The summed E-state index contributed by atoms with van der Waals surface area (Å²) in [6, 6.07) is 89.2. The van der Waals surface area contributed by atoms with E-state index >= 15 is 52.8 Å². The molecule has 2 fully saturated rings. The molecule has 0 N–H and O–H groups in total. The number of rotatable bonds is 13. The van der Waals surface area contributed by atoms with Crippen LogP contribution in [0.3, 0.4) is 0 Å². The molecular weight excluding hydrogens is 1740 g/mol. The number of hydrogen-bond donors (Lipinski definition) is 0. The standard InChI is InChI=1S/2C54H41NO6S2.C2H4Cl2/c2*1-31-19-23-37(24-20-31)62(58,59)30-44-52(63(60,61)38-25-21-32(2)22-26-38)50-42(47-41-16-7-12-35-28-33-10-3-5-14-39(33)48(45(35)41)51(47)56)17-9-27-55(50)54(44)43-18-8-13-36-29-34-11-4-6-15-40(34)49(46(36)43)53(54)57;3-1-2-4/h2*3-8,10-16,18-26,28-29,44,47,52H,9,17,27,30H2,1-2H3;1-2H2/t2*44-,47+,52-,54+;/m00./s1. The van der Waals surface area contributed by atoms with Gasteiger partial charge >= 0.3 is 0 Å². The van der Waals surface area contributed by atoms with Crippen LogP contribution in [0, 0.1) is 39.5 Å². The Balaban J connectivity index is 0.000000147. The molecule has 20 heteroatoms. The van der Waals surface area contributed by atoms with Crippen molar-refractivity contribution in [2.75, 3.05) is 36.4 Å². The first-order valence-corrected chi connectivity index (χ1v) is 51.5. The number of sulfone groups is 4. The van der Waals surface area contributed by atoms with Crippen LogP contribution in [0.4, 0.5) is 0 Å². The highest BCUT2D eigenvalue weighted by Gasteiger charge is 2.72. The van der Waals surface area contributed by atoms with Gasteiger partial charge in [0.2, 0.25) is 0 Å². The topological polar surface area (TPSA) is 211 Å². The van der Waals surface area contributed by atoms with Crippen molar-refractivity contribution < 1.29 is 52.8 Å². The minimum atomic E-state index is -4.48. The zero-order chi connectivity index (χ0) is 89.7. The lowest BCUT2D eigenvalue weighted by atomic mass is 9.78. The Morgan fingerprint density at radius 3 is 0.931 bits per heavy atom. The predicted octanol–water partition coefficient (Wildman–Crippen LogP) is 22.6. The van der Waals surface area contributed by atoms with E-state index in [-0.39, 0.29) is 55.8 Å². The van der Waals surface area contributed by atoms with Gasteiger partial charge in [0, 0.05) is 70.3 Å². The number of allylic oxidation sites excluding steroid dienone is 2. The van der Waals surface area contributed by atoms with E-state index in [1.54, 1.807) is 97.1 Å². The van der Waals surface area contributed by atoms with Crippen molar-refractivity contribution in [3.05, 3.63) is 380 Å². The van der Waals surface area contributed by atoms with Crippen molar-refractivity contribution in [2.45, 2.75) is 106 Å². The van der Waals surface area contributed by atoms with Crippen LogP contribution in [0.5, 0.6) is 0 Å². The maximum Gasteiger partial charge on any atom is 0.194 e. The number of aryl methyl sites for hydroxylation is 4. The number of carbonyl (C=O) groups excluding carboxylic acids is 4. The van der Waals surface area contributed by atoms with Gasteiger partial charge in [0.25, 0.3) is 0 Å². The Morgan fingerprint density at radius 1 is 0.323 bits per heavy atom. The van der Waals surface area contributed by atoms with Crippen LogP contribution < -0.4 is 0 Å². The van der Waals surface area contributed by atoms with E-state index in [0.29, 0.717) is 104 Å². The van der Waals surface area contributed by atoms with E-state index in [2.05, 4.69) is 24.3 Å². The van der Waals surface area contributed by atoms with Crippen LogP contribution in [-0.2, 0) is 50.4 Å². The molecule has 0 radical (unpaired) electrons. The van der Waals surface area contributed by atoms with E-state index in [9.17, 15) is 0 Å². The summed E-state index contributed by atoms with van der Waals surface area (Å²) < 4.78 is 125. The molecule has 16 aromatic carbocycles. The molecule has 16 aromatic rings. The van der Waals surface area contributed by atoms with Gasteiger partial charge in [-0.2, -0.15) is 0 Å². The fraction of sp³-hybridized carbons (Fsp3) is 0.200. The van der Waals surface area contributed by atoms with E-state index in [0.717, 1.165) is 109 Å². The van der Waals surface area contributed by atoms with Crippen LogP contribution in [0.15, 0.2) is 333 Å². The van der Waals surface area contributed by atoms with E-state index in [1.807, 2.05) is 207 Å². The molecule has 0 unspecified atom stereocenters. The molecule has 4 heterocycles. The lowest BCUT2D eigenvalue weighted by Crippen LogP contribution is -2.52. The quantitative estimate of drug-likeness (QED) is 0.0776. The van der Waals surface area contributed by atoms with Crippen LogP contribution in [-0.4, -0.2) is 113 Å². The number of ketones is 4. The van der Waals surface area contributed by atoms with E-state index in [4.69, 9.17) is 23.2 Å². The first-order chi connectivity index (χ1) is 62.7. The summed E-state index contributed by atoms with van der Waals surface area (Å²) in [6.07, 6.45) is 1.83. The average molecular weight is 1830 g/mol. The fourth-order valence-corrected chi connectivity index (χ4v) is 31.5. The van der Waals surface area contributed by atoms with Crippen LogP contribution >= 0.6 is 23.2 Å². The van der Waals surface area contributed by atoms with Crippen LogP contribution in [0.25, 0.3) is 86.2 Å². The summed E-state index contributed by atoms with van der Waals surface area (Å²) >= 11 is 10.1. The maximum absolute atomic E-state index is 16.4. The molecular formula is C110H86Cl2N2O12S4. The lowest BCUT2D eigenvalue weighted by Gasteiger charge is -2.43. The monoisotopic (exact) mass is 1820 g/mol. The molecule has 0 bridgehead atoms. The van der Waals surface area contributed by atoms with Crippen molar-refractivity contribution in [2.24, 2.45) is 11.8 Å². The SMILES string of the molecule is Cc1ccc(S(=O)(=O)C[C@H]2[C@H](S(=O)(=O)c3ccc(C)cc3)C3=C([C@@H]4C(=O)c5c6ccccc6cc6cccc4c56)CCCN3[C@@]23C(=O)c2c4ccccc4cc4cccc3c24)cc1.Cc1ccc(S(=O)(=O)C[C@H]2[C@H](S(=O)(=O)c3ccc(C)cc3)C3=C([C@@H]4C(=O)c5c6ccccc6cc6cccc4c56)CCCN3[C@@]23C(=O)c2c4ccccc4cc4cccc3c24)cc1.ClCCCl. The Labute approximate surface area is 763 Å². The number of carbonyl (C=O) groups is 4. The molecule has 646 valence electrons. The summed E-state index contributed by atoms with van der Waals surface area (Å²) in [5, 5.41) is 10.3. The molecule has 0 aromatic heterocycles. The third kappa shape index (κ3) is 12.1. The number of alkyl halides is 2. The Kier molecular flexibility index (Phi) is 19.7. The zero-order valence-electron chi connectivity index (χ0n) is 71.4. The molecule has 0 amide bonds. The third-order valence-corrected chi connectivity index (χ3v) is 37.5. The largest absolute Gasteiger partial charge is 0.357 e.